The van der Waals surface area contributed by atoms with Crippen LogP contribution in [0, 0.1) is 5.41 Å². The van der Waals surface area contributed by atoms with Gasteiger partial charge in [-0.2, -0.15) is 0 Å². The summed E-state index contributed by atoms with van der Waals surface area (Å²) < 4.78 is 7.66. The normalized spacial score (nSPS) is 17.6. The fraction of sp³-hybridized carbons (Fsp3) is 0.469. The highest BCUT2D eigenvalue weighted by Crippen LogP contribution is 2.26. The van der Waals surface area contributed by atoms with E-state index in [0.717, 1.165) is 42.3 Å². The van der Waals surface area contributed by atoms with Crippen molar-refractivity contribution in [3.05, 3.63) is 64.4 Å². The van der Waals surface area contributed by atoms with E-state index in [1.54, 1.807) is 12.1 Å². The molecule has 1 aromatic heterocycles. The molecule has 8 nitrogen and oxygen atoms in total. The summed E-state index contributed by atoms with van der Waals surface area (Å²) in [5, 5.41) is 17.6. The molecule has 0 radical (unpaired) electrons. The van der Waals surface area contributed by atoms with E-state index in [4.69, 9.17) is 21.0 Å². The number of nitrogens with zero attached hydrogens (tertiary/aromatic N) is 2. The molecule has 4 rings (SSSR count). The average molecular weight is 547 g/mol. The van der Waals surface area contributed by atoms with Crippen molar-refractivity contribution in [2.24, 2.45) is 5.73 Å². The van der Waals surface area contributed by atoms with Gasteiger partial charge in [-0.05, 0) is 87.7 Å². The Bertz CT molecular complexity index is 1390. The first kappa shape index (κ1) is 29.3. The van der Waals surface area contributed by atoms with Gasteiger partial charge in [0.2, 0.25) is 0 Å². The fourth-order valence-corrected chi connectivity index (χ4v) is 5.79. The van der Waals surface area contributed by atoms with Crippen molar-refractivity contribution in [3.8, 4) is 16.9 Å². The molecule has 0 aliphatic carbocycles. The van der Waals surface area contributed by atoms with Crippen molar-refractivity contribution >= 4 is 22.7 Å². The third kappa shape index (κ3) is 7.30. The zero-order chi connectivity index (χ0) is 28.6. The van der Waals surface area contributed by atoms with Crippen LogP contribution in [0.1, 0.15) is 70.8 Å². The van der Waals surface area contributed by atoms with Gasteiger partial charge in [0.05, 0.1) is 12.1 Å². The average Bonchev–Trinajstić information content (AvgIpc) is 2.93. The minimum absolute atomic E-state index is 0.0370. The largest absolute Gasteiger partial charge is 0.494 e. The number of nitrogens with two attached hydrogens (primary N) is 1. The lowest BCUT2D eigenvalue weighted by Crippen LogP contribution is -2.44. The Morgan fingerprint density at radius 1 is 1.02 bits per heavy atom. The van der Waals surface area contributed by atoms with Crippen LogP contribution in [0.2, 0.25) is 0 Å². The summed E-state index contributed by atoms with van der Waals surface area (Å²) >= 11 is 0. The van der Waals surface area contributed by atoms with Gasteiger partial charge in [0.1, 0.15) is 11.6 Å². The van der Waals surface area contributed by atoms with Crippen LogP contribution in [0.15, 0.2) is 53.3 Å². The summed E-state index contributed by atoms with van der Waals surface area (Å²) in [7, 11) is 0. The number of ether oxygens (including phenoxy) is 1. The van der Waals surface area contributed by atoms with E-state index in [0.29, 0.717) is 48.5 Å². The second-order valence-corrected chi connectivity index (χ2v) is 11.0. The number of pyridine rings is 1. The molecule has 4 N–H and O–H groups in total. The zero-order valence-corrected chi connectivity index (χ0v) is 23.7. The second kappa shape index (κ2) is 13.6. The van der Waals surface area contributed by atoms with Crippen LogP contribution in [0.25, 0.3) is 22.0 Å². The molecule has 1 fully saturated rings. The minimum atomic E-state index is -0.846. The molecule has 0 amide bonds. The van der Waals surface area contributed by atoms with Crippen molar-refractivity contribution in [2.45, 2.75) is 83.8 Å². The predicted molar refractivity (Wildman–Crippen MR) is 160 cm³/mol. The molecule has 8 heteroatoms. The van der Waals surface area contributed by atoms with Gasteiger partial charge in [0.15, 0.2) is 0 Å². The van der Waals surface area contributed by atoms with Crippen molar-refractivity contribution in [2.75, 3.05) is 13.2 Å². The molecular formula is C32H42N4O4. The van der Waals surface area contributed by atoms with Gasteiger partial charge < -0.3 is 20.1 Å². The Labute approximate surface area is 236 Å². The second-order valence-electron chi connectivity index (χ2n) is 11.0. The van der Waals surface area contributed by atoms with E-state index in [2.05, 4.69) is 18.7 Å². The number of hydrogen-bond acceptors (Lipinski definition) is 5. The molecule has 3 aromatic rings. The van der Waals surface area contributed by atoms with Gasteiger partial charge in [-0.15, -0.1) is 0 Å². The summed E-state index contributed by atoms with van der Waals surface area (Å²) in [6.45, 7) is 6.63. The van der Waals surface area contributed by atoms with Gasteiger partial charge in [0.25, 0.3) is 5.56 Å². The number of amidine groups is 1. The first-order valence-corrected chi connectivity index (χ1v) is 14.5. The third-order valence-corrected chi connectivity index (χ3v) is 8.03. The lowest BCUT2D eigenvalue weighted by atomic mass is 9.97. The highest BCUT2D eigenvalue weighted by Gasteiger charge is 2.23. The minimum Gasteiger partial charge on any atom is -0.494 e. The molecule has 40 heavy (non-hydrogen) atoms. The number of rotatable bonds is 13. The van der Waals surface area contributed by atoms with Crippen molar-refractivity contribution < 1.29 is 14.6 Å². The summed E-state index contributed by atoms with van der Waals surface area (Å²) in [5.74, 6) is -0.267. The van der Waals surface area contributed by atoms with Crippen LogP contribution in [-0.2, 0) is 11.3 Å². The fourth-order valence-electron chi connectivity index (χ4n) is 5.79. The van der Waals surface area contributed by atoms with Gasteiger partial charge >= 0.3 is 5.97 Å². The summed E-state index contributed by atoms with van der Waals surface area (Å²) in [6, 6.07) is 16.1. The molecule has 2 heterocycles. The van der Waals surface area contributed by atoms with Crippen LogP contribution in [0.5, 0.6) is 5.75 Å². The zero-order valence-electron chi connectivity index (χ0n) is 23.7. The van der Waals surface area contributed by atoms with Gasteiger partial charge in [-0.25, -0.2) is 0 Å². The lowest BCUT2D eigenvalue weighted by Gasteiger charge is -2.39. The van der Waals surface area contributed by atoms with Gasteiger partial charge in [-0.1, -0.05) is 31.0 Å². The van der Waals surface area contributed by atoms with Crippen LogP contribution in [0.3, 0.4) is 0 Å². The Morgan fingerprint density at radius 3 is 2.50 bits per heavy atom. The number of aliphatic carboxylic acids is 1. The quantitative estimate of drug-likeness (QED) is 0.145. The number of aryl methyl sites for hydroxylation is 1. The van der Waals surface area contributed by atoms with E-state index in [1.807, 2.05) is 41.0 Å². The Morgan fingerprint density at radius 2 is 1.77 bits per heavy atom. The number of benzene rings is 2. The number of carbonyl (C=O) groups is 1. The smallest absolute Gasteiger partial charge is 0.303 e. The third-order valence-electron chi connectivity index (χ3n) is 8.03. The Hall–Kier alpha value is -3.65. The molecule has 2 aromatic carbocycles. The number of piperidine rings is 1. The number of hydrogen-bond donors (Lipinski definition) is 3. The number of likely N-dealkylation sites (tertiary alicyclic amines) is 1. The first-order chi connectivity index (χ1) is 19.2. The van der Waals surface area contributed by atoms with Crippen LogP contribution < -0.4 is 16.0 Å². The molecule has 1 aliphatic rings. The highest BCUT2D eigenvalue weighted by molar-refractivity contribution is 5.96. The maximum absolute atomic E-state index is 13.9. The molecular weight excluding hydrogens is 504 g/mol. The van der Waals surface area contributed by atoms with Crippen LogP contribution in [-0.4, -0.2) is 51.6 Å². The maximum Gasteiger partial charge on any atom is 0.303 e. The highest BCUT2D eigenvalue weighted by atomic mass is 16.5. The van der Waals surface area contributed by atoms with Crippen molar-refractivity contribution in [1.82, 2.24) is 9.47 Å². The SMILES string of the molecule is C[C@@H]1CCC[C@H](C)N1CCCCCn1c(=O)c(-c2cccc(C(=N)N)c2)cc2ccc(OCCCC(=O)O)cc21. The lowest BCUT2D eigenvalue weighted by molar-refractivity contribution is -0.137. The van der Waals surface area contributed by atoms with E-state index in [1.165, 1.54) is 19.3 Å². The summed E-state index contributed by atoms with van der Waals surface area (Å²) in [4.78, 5) is 27.3. The summed E-state index contributed by atoms with van der Waals surface area (Å²) in [5.41, 5.74) is 8.31. The monoisotopic (exact) mass is 546 g/mol. The maximum atomic E-state index is 13.9. The topological polar surface area (TPSA) is 122 Å². The number of nitrogens with one attached hydrogen (secondary N) is 1. The number of carboxylic acids is 1. The Kier molecular flexibility index (Phi) is 9.98. The number of fused-ring (bicyclic) bond motifs is 1. The summed E-state index contributed by atoms with van der Waals surface area (Å²) in [6.07, 6.45) is 7.32. The first-order valence-electron chi connectivity index (χ1n) is 14.5. The van der Waals surface area contributed by atoms with E-state index in [9.17, 15) is 9.59 Å². The number of unbranched alkanes of at least 4 members (excludes halogenated alkanes) is 2. The molecule has 2 atom stereocenters. The van der Waals surface area contributed by atoms with Crippen molar-refractivity contribution in [1.29, 1.82) is 5.41 Å². The van der Waals surface area contributed by atoms with Crippen LogP contribution in [0.4, 0.5) is 0 Å². The van der Waals surface area contributed by atoms with Gasteiger partial charge in [-0.3, -0.25) is 19.9 Å². The van der Waals surface area contributed by atoms with E-state index in [-0.39, 0.29) is 17.8 Å². The number of nitrogen functional groups attached to an aromatic ring is 1. The molecule has 214 valence electrons. The molecule has 0 spiro atoms. The molecule has 1 aliphatic heterocycles. The molecule has 0 bridgehead atoms. The number of carboxylic acid groups (broad SMARTS) is 1. The van der Waals surface area contributed by atoms with Gasteiger partial charge in [0, 0.05) is 42.2 Å². The van der Waals surface area contributed by atoms with Crippen LogP contribution >= 0.6 is 0 Å². The Balaban J connectivity index is 1.57. The van der Waals surface area contributed by atoms with E-state index >= 15 is 0 Å². The molecule has 0 saturated carbocycles. The van der Waals surface area contributed by atoms with E-state index < -0.39 is 5.97 Å². The molecule has 1 saturated heterocycles. The number of aromatic nitrogens is 1. The van der Waals surface area contributed by atoms with Crippen molar-refractivity contribution in [3.63, 3.8) is 0 Å². The predicted octanol–water partition coefficient (Wildman–Crippen LogP) is 5.63. The standard InChI is InChI=1S/C32H42N4O4/c1-22-9-6-10-23(2)35(22)16-4-3-5-17-36-29-21-27(40-18-8-13-30(37)38)15-14-25(29)20-28(32(36)39)24-11-7-12-26(19-24)31(33)34/h7,11-12,14-15,19-23H,3-6,8-10,13,16-18H2,1-2H3,(H3,33,34)(H,37,38)/t22-,23+. The molecule has 0 unspecified atom stereocenters.